The maximum Gasteiger partial charge on any atom is 0.0525 e. The number of rotatable bonds is 1. The van der Waals surface area contributed by atoms with Crippen LogP contribution in [0.3, 0.4) is 0 Å². The van der Waals surface area contributed by atoms with Crippen LogP contribution < -0.4 is 5.73 Å². The summed E-state index contributed by atoms with van der Waals surface area (Å²) >= 11 is 0. The number of hydrogen-bond acceptors (Lipinski definition) is 2. The van der Waals surface area contributed by atoms with Gasteiger partial charge in [-0.15, -0.1) is 0 Å². The molecule has 17 heavy (non-hydrogen) atoms. The average molecular weight is 235 g/mol. The van der Waals surface area contributed by atoms with Crippen molar-refractivity contribution in [2.24, 2.45) is 24.1 Å². The molecule has 1 heterocycles. The van der Waals surface area contributed by atoms with E-state index < -0.39 is 0 Å². The fraction of sp³-hybridized carbons (Fsp3) is 0.786. The van der Waals surface area contributed by atoms with Crippen molar-refractivity contribution in [2.75, 3.05) is 0 Å². The van der Waals surface area contributed by atoms with Crippen molar-refractivity contribution < 1.29 is 0 Å². The SMILES string of the molecule is Cn1cc(C2CC(C(C)(C)C)CCC2N)cn1. The quantitative estimate of drug-likeness (QED) is 0.813. The van der Waals surface area contributed by atoms with Crippen molar-refractivity contribution in [3.8, 4) is 0 Å². The van der Waals surface area contributed by atoms with E-state index in [1.54, 1.807) is 0 Å². The molecule has 1 fully saturated rings. The van der Waals surface area contributed by atoms with Crippen molar-refractivity contribution in [2.45, 2.75) is 52.0 Å². The summed E-state index contributed by atoms with van der Waals surface area (Å²) in [6.45, 7) is 7.03. The molecular formula is C14H25N3. The van der Waals surface area contributed by atoms with Crippen LogP contribution in [0.4, 0.5) is 0 Å². The monoisotopic (exact) mass is 235 g/mol. The third kappa shape index (κ3) is 2.71. The molecule has 0 radical (unpaired) electrons. The highest BCUT2D eigenvalue weighted by Gasteiger charge is 2.35. The van der Waals surface area contributed by atoms with Gasteiger partial charge in [-0.1, -0.05) is 20.8 Å². The van der Waals surface area contributed by atoms with Crippen LogP contribution in [0.25, 0.3) is 0 Å². The van der Waals surface area contributed by atoms with Crippen LogP contribution >= 0.6 is 0 Å². The standard InChI is InChI=1S/C14H25N3/c1-14(2,3)11-5-6-13(15)12(7-11)10-8-16-17(4)9-10/h8-9,11-13H,5-7,15H2,1-4H3. The van der Waals surface area contributed by atoms with E-state index in [4.69, 9.17) is 5.73 Å². The summed E-state index contributed by atoms with van der Waals surface area (Å²) in [5.41, 5.74) is 7.99. The molecule has 0 aliphatic heterocycles. The van der Waals surface area contributed by atoms with E-state index in [0.29, 0.717) is 17.4 Å². The highest BCUT2D eigenvalue weighted by molar-refractivity contribution is 5.15. The first-order chi connectivity index (χ1) is 7.88. The van der Waals surface area contributed by atoms with Crippen molar-refractivity contribution in [1.29, 1.82) is 0 Å². The first kappa shape index (κ1) is 12.6. The van der Waals surface area contributed by atoms with Crippen LogP contribution in [-0.2, 0) is 7.05 Å². The zero-order valence-electron chi connectivity index (χ0n) is 11.5. The minimum atomic E-state index is 0.304. The normalized spacial score (nSPS) is 30.5. The van der Waals surface area contributed by atoms with Crippen LogP contribution in [0.2, 0.25) is 0 Å². The summed E-state index contributed by atoms with van der Waals surface area (Å²) in [5, 5.41) is 4.27. The van der Waals surface area contributed by atoms with Gasteiger partial charge in [-0.2, -0.15) is 5.10 Å². The highest BCUT2D eigenvalue weighted by atomic mass is 15.2. The van der Waals surface area contributed by atoms with E-state index in [1.165, 1.54) is 18.4 Å². The van der Waals surface area contributed by atoms with Gasteiger partial charge in [0.2, 0.25) is 0 Å². The van der Waals surface area contributed by atoms with Crippen LogP contribution in [-0.4, -0.2) is 15.8 Å². The van der Waals surface area contributed by atoms with Gasteiger partial charge in [0.25, 0.3) is 0 Å². The fourth-order valence-electron chi connectivity index (χ4n) is 3.00. The van der Waals surface area contributed by atoms with Crippen LogP contribution in [0.15, 0.2) is 12.4 Å². The molecule has 0 amide bonds. The Bertz CT molecular complexity index is 375. The molecule has 0 saturated heterocycles. The molecule has 96 valence electrons. The Morgan fingerprint density at radius 3 is 2.59 bits per heavy atom. The van der Waals surface area contributed by atoms with Gasteiger partial charge in [0.15, 0.2) is 0 Å². The number of hydrogen-bond donors (Lipinski definition) is 1. The van der Waals surface area contributed by atoms with Gasteiger partial charge in [0, 0.05) is 25.2 Å². The second-order valence-corrected chi connectivity index (χ2v) is 6.59. The molecule has 1 aliphatic carbocycles. The predicted molar refractivity (Wildman–Crippen MR) is 70.7 cm³/mol. The molecule has 0 bridgehead atoms. The Morgan fingerprint density at radius 2 is 2.06 bits per heavy atom. The van der Waals surface area contributed by atoms with Gasteiger partial charge in [-0.05, 0) is 36.2 Å². The summed E-state index contributed by atoms with van der Waals surface area (Å²) in [6.07, 6.45) is 7.71. The molecule has 3 unspecified atom stereocenters. The first-order valence-corrected chi connectivity index (χ1v) is 6.62. The highest BCUT2D eigenvalue weighted by Crippen LogP contribution is 2.43. The van der Waals surface area contributed by atoms with E-state index in [9.17, 15) is 0 Å². The lowest BCUT2D eigenvalue weighted by molar-refractivity contribution is 0.154. The van der Waals surface area contributed by atoms with Crippen LogP contribution in [0.5, 0.6) is 0 Å². The summed E-state index contributed by atoms with van der Waals surface area (Å²) in [6, 6.07) is 0.304. The Morgan fingerprint density at radius 1 is 1.35 bits per heavy atom. The number of aromatic nitrogens is 2. The van der Waals surface area contributed by atoms with Crippen LogP contribution in [0, 0.1) is 11.3 Å². The molecule has 0 spiro atoms. The van der Waals surface area contributed by atoms with E-state index >= 15 is 0 Å². The molecule has 2 N–H and O–H groups in total. The molecule has 3 nitrogen and oxygen atoms in total. The van der Waals surface area contributed by atoms with Crippen molar-refractivity contribution in [1.82, 2.24) is 9.78 Å². The lowest BCUT2D eigenvalue weighted by Gasteiger charge is -2.40. The van der Waals surface area contributed by atoms with Gasteiger partial charge >= 0.3 is 0 Å². The molecule has 3 heteroatoms. The average Bonchev–Trinajstić information content (AvgIpc) is 2.63. The third-order valence-electron chi connectivity index (χ3n) is 4.28. The van der Waals surface area contributed by atoms with Crippen molar-refractivity contribution in [3.05, 3.63) is 18.0 Å². The van der Waals surface area contributed by atoms with Crippen LogP contribution in [0.1, 0.15) is 51.5 Å². The van der Waals surface area contributed by atoms with E-state index in [1.807, 2.05) is 17.9 Å². The first-order valence-electron chi connectivity index (χ1n) is 6.62. The van der Waals surface area contributed by atoms with Gasteiger partial charge in [0.1, 0.15) is 0 Å². The van der Waals surface area contributed by atoms with E-state index in [2.05, 4.69) is 32.1 Å². The zero-order valence-corrected chi connectivity index (χ0v) is 11.5. The lowest BCUT2D eigenvalue weighted by Crippen LogP contribution is -2.38. The van der Waals surface area contributed by atoms with Gasteiger partial charge in [0.05, 0.1) is 6.20 Å². The molecule has 3 atom stereocenters. The molecule has 2 rings (SSSR count). The smallest absolute Gasteiger partial charge is 0.0525 e. The Hall–Kier alpha value is -0.830. The van der Waals surface area contributed by atoms with Gasteiger partial charge < -0.3 is 5.73 Å². The Balaban J connectivity index is 2.15. The lowest BCUT2D eigenvalue weighted by atomic mass is 9.66. The Kier molecular flexibility index (Phi) is 3.30. The minimum absolute atomic E-state index is 0.304. The largest absolute Gasteiger partial charge is 0.327 e. The molecule has 1 saturated carbocycles. The Labute approximate surface area is 104 Å². The maximum atomic E-state index is 6.29. The summed E-state index contributed by atoms with van der Waals surface area (Å²) < 4.78 is 1.88. The summed E-state index contributed by atoms with van der Waals surface area (Å²) in [4.78, 5) is 0. The number of aryl methyl sites for hydroxylation is 1. The molecule has 1 aromatic heterocycles. The fourth-order valence-corrected chi connectivity index (χ4v) is 3.00. The second-order valence-electron chi connectivity index (χ2n) is 6.59. The van der Waals surface area contributed by atoms with Gasteiger partial charge in [-0.3, -0.25) is 4.68 Å². The second kappa shape index (κ2) is 4.45. The van der Waals surface area contributed by atoms with Crippen molar-refractivity contribution in [3.63, 3.8) is 0 Å². The minimum Gasteiger partial charge on any atom is -0.327 e. The van der Waals surface area contributed by atoms with Gasteiger partial charge in [-0.25, -0.2) is 0 Å². The van der Waals surface area contributed by atoms with E-state index in [-0.39, 0.29) is 0 Å². The van der Waals surface area contributed by atoms with E-state index in [0.717, 1.165) is 12.3 Å². The molecule has 0 aromatic carbocycles. The third-order valence-corrected chi connectivity index (χ3v) is 4.28. The molecule has 1 aromatic rings. The maximum absolute atomic E-state index is 6.29. The number of nitrogens with zero attached hydrogens (tertiary/aromatic N) is 2. The predicted octanol–water partition coefficient (Wildman–Crippen LogP) is 2.68. The summed E-state index contributed by atoms with van der Waals surface area (Å²) in [7, 11) is 1.97. The zero-order chi connectivity index (χ0) is 12.6. The molecular weight excluding hydrogens is 210 g/mol. The molecule has 1 aliphatic rings. The topological polar surface area (TPSA) is 43.8 Å². The summed E-state index contributed by atoms with van der Waals surface area (Å²) in [5.74, 6) is 1.26. The van der Waals surface area contributed by atoms with Crippen molar-refractivity contribution >= 4 is 0 Å². The number of nitrogens with two attached hydrogens (primary N) is 1.